The lowest BCUT2D eigenvalue weighted by molar-refractivity contribution is -0.115. The van der Waals surface area contributed by atoms with E-state index in [-0.39, 0.29) is 16.7 Å². The quantitative estimate of drug-likeness (QED) is 0.454. The van der Waals surface area contributed by atoms with Gasteiger partial charge in [0.25, 0.3) is 0 Å². The van der Waals surface area contributed by atoms with E-state index in [9.17, 15) is 4.79 Å². The van der Waals surface area contributed by atoms with Gasteiger partial charge in [-0.05, 0) is 25.1 Å². The summed E-state index contributed by atoms with van der Waals surface area (Å²) in [6.45, 7) is 1.70. The van der Waals surface area contributed by atoms with Gasteiger partial charge in [0.2, 0.25) is 11.1 Å². The molecule has 11 heteroatoms. The van der Waals surface area contributed by atoms with Crippen LogP contribution in [0.3, 0.4) is 0 Å². The van der Waals surface area contributed by atoms with Crippen LogP contribution in [0, 0.1) is 0 Å². The summed E-state index contributed by atoms with van der Waals surface area (Å²) in [6, 6.07) is 8.64. The lowest BCUT2D eigenvalue weighted by Gasteiger charge is -2.12. The molecule has 3 N–H and O–H groups in total. The molecule has 3 aromatic rings. The van der Waals surface area contributed by atoms with Crippen molar-refractivity contribution in [3.05, 3.63) is 51.6 Å². The van der Waals surface area contributed by atoms with Crippen molar-refractivity contribution in [2.24, 2.45) is 0 Å². The number of rotatable bonds is 5. The molecular formula is C16H13Cl3N6OS. The predicted molar refractivity (Wildman–Crippen MR) is 109 cm³/mol. The minimum Gasteiger partial charge on any atom is -0.335 e. The zero-order chi connectivity index (χ0) is 19.6. The minimum absolute atomic E-state index is 0.226. The van der Waals surface area contributed by atoms with Crippen molar-refractivity contribution in [1.82, 2.24) is 19.9 Å². The number of thioether (sulfide) groups is 1. The Morgan fingerprint density at radius 3 is 2.67 bits per heavy atom. The first kappa shape index (κ1) is 19.8. The van der Waals surface area contributed by atoms with E-state index in [2.05, 4.69) is 20.5 Å². The third-order valence-electron chi connectivity index (χ3n) is 3.48. The van der Waals surface area contributed by atoms with Crippen molar-refractivity contribution in [2.75, 3.05) is 11.2 Å². The van der Waals surface area contributed by atoms with Gasteiger partial charge in [-0.2, -0.15) is 0 Å². The van der Waals surface area contributed by atoms with Crippen LogP contribution < -0.4 is 11.2 Å². The second-order valence-electron chi connectivity index (χ2n) is 5.39. The minimum atomic E-state index is -0.538. The van der Waals surface area contributed by atoms with Gasteiger partial charge in [-0.3, -0.25) is 4.79 Å². The number of nitrogens with one attached hydrogen (secondary N) is 1. The van der Waals surface area contributed by atoms with Crippen LogP contribution in [0.5, 0.6) is 0 Å². The van der Waals surface area contributed by atoms with Gasteiger partial charge in [-0.25, -0.2) is 9.66 Å². The van der Waals surface area contributed by atoms with Crippen molar-refractivity contribution in [3.63, 3.8) is 0 Å². The van der Waals surface area contributed by atoms with E-state index in [0.717, 1.165) is 11.8 Å². The summed E-state index contributed by atoms with van der Waals surface area (Å²) in [4.78, 5) is 16.4. The number of carbonyl (C=O) groups is 1. The van der Waals surface area contributed by atoms with E-state index in [0.29, 0.717) is 26.6 Å². The van der Waals surface area contributed by atoms with Crippen molar-refractivity contribution in [3.8, 4) is 11.4 Å². The summed E-state index contributed by atoms with van der Waals surface area (Å²) in [5.41, 5.74) is 0.648. The number of amides is 1. The van der Waals surface area contributed by atoms with Gasteiger partial charge in [0, 0.05) is 11.8 Å². The van der Waals surface area contributed by atoms with Crippen LogP contribution in [-0.4, -0.2) is 31.0 Å². The van der Waals surface area contributed by atoms with E-state index in [4.69, 9.17) is 40.6 Å². The highest BCUT2D eigenvalue weighted by Crippen LogP contribution is 2.29. The van der Waals surface area contributed by atoms with Crippen molar-refractivity contribution >= 4 is 58.3 Å². The molecule has 1 amide bonds. The first-order valence-corrected chi connectivity index (χ1v) is 9.62. The van der Waals surface area contributed by atoms with Gasteiger partial charge >= 0.3 is 0 Å². The predicted octanol–water partition coefficient (Wildman–Crippen LogP) is 4.13. The fourth-order valence-corrected chi connectivity index (χ4v) is 3.54. The summed E-state index contributed by atoms with van der Waals surface area (Å²) in [5.74, 6) is 6.39. The van der Waals surface area contributed by atoms with Crippen molar-refractivity contribution < 1.29 is 4.79 Å². The van der Waals surface area contributed by atoms with Crippen LogP contribution in [-0.2, 0) is 4.79 Å². The van der Waals surface area contributed by atoms with Crippen LogP contribution in [0.15, 0.2) is 41.7 Å². The molecule has 0 saturated carbocycles. The third-order valence-corrected chi connectivity index (χ3v) is 5.36. The Balaban J connectivity index is 1.73. The molecule has 1 aromatic carbocycles. The number of anilines is 1. The van der Waals surface area contributed by atoms with Gasteiger partial charge in [-0.15, -0.1) is 10.2 Å². The zero-order valence-corrected chi connectivity index (χ0v) is 16.9. The van der Waals surface area contributed by atoms with Gasteiger partial charge in [0.05, 0.1) is 20.3 Å². The summed E-state index contributed by atoms with van der Waals surface area (Å²) in [7, 11) is 0. The molecule has 1 atom stereocenters. The molecule has 0 saturated heterocycles. The Morgan fingerprint density at radius 1 is 1.22 bits per heavy atom. The normalized spacial score (nSPS) is 12.0. The second-order valence-corrected chi connectivity index (χ2v) is 7.95. The van der Waals surface area contributed by atoms with Crippen LogP contribution >= 0.6 is 46.6 Å². The van der Waals surface area contributed by atoms with Gasteiger partial charge < -0.3 is 11.2 Å². The van der Waals surface area contributed by atoms with E-state index in [1.165, 1.54) is 16.9 Å². The highest BCUT2D eigenvalue weighted by Gasteiger charge is 2.21. The van der Waals surface area contributed by atoms with E-state index < -0.39 is 5.25 Å². The van der Waals surface area contributed by atoms with Crippen LogP contribution in [0.2, 0.25) is 15.1 Å². The molecule has 3 rings (SSSR count). The Morgan fingerprint density at radius 2 is 1.96 bits per heavy atom. The molecular weight excluding hydrogens is 431 g/mol. The van der Waals surface area contributed by atoms with Crippen molar-refractivity contribution in [2.45, 2.75) is 17.3 Å². The van der Waals surface area contributed by atoms with E-state index in [1.807, 2.05) is 6.07 Å². The number of nitrogens with two attached hydrogens (primary N) is 1. The fourth-order valence-electron chi connectivity index (χ4n) is 2.12. The highest BCUT2D eigenvalue weighted by molar-refractivity contribution is 8.00. The Hall–Kier alpha value is -2.00. The Kier molecular flexibility index (Phi) is 6.11. The Bertz CT molecular complexity index is 996. The van der Waals surface area contributed by atoms with Gasteiger partial charge in [-0.1, -0.05) is 58.7 Å². The average Bonchev–Trinajstić information content (AvgIpc) is 2.98. The first-order valence-electron chi connectivity index (χ1n) is 7.60. The largest absolute Gasteiger partial charge is 0.335 e. The molecule has 2 aromatic heterocycles. The molecule has 0 radical (unpaired) electrons. The molecule has 1 unspecified atom stereocenters. The number of nitrogen functional groups attached to an aromatic ring is 1. The standard InChI is InChI=1S/C16H13Cl3N6OS/c1-8(15(26)22-13-12(19)6-9(17)7-21-13)27-16-24-23-14(25(16)20)10-4-2-3-5-11(10)18/h2-8H,20H2,1H3,(H,21,22,26). The summed E-state index contributed by atoms with van der Waals surface area (Å²) < 4.78 is 1.29. The number of aromatic nitrogens is 4. The molecule has 0 aliphatic heterocycles. The number of halogens is 3. The Labute approximate surface area is 174 Å². The first-order chi connectivity index (χ1) is 12.9. The molecule has 0 aliphatic carbocycles. The van der Waals surface area contributed by atoms with Crippen molar-refractivity contribution in [1.29, 1.82) is 0 Å². The summed E-state index contributed by atoms with van der Waals surface area (Å²) in [6.07, 6.45) is 1.40. The highest BCUT2D eigenvalue weighted by atomic mass is 35.5. The number of benzene rings is 1. The zero-order valence-electron chi connectivity index (χ0n) is 13.9. The fraction of sp³-hybridized carbons (Fsp3) is 0.125. The van der Waals surface area contributed by atoms with E-state index in [1.54, 1.807) is 25.1 Å². The molecule has 7 nitrogen and oxygen atoms in total. The second kappa shape index (κ2) is 8.35. The molecule has 2 heterocycles. The molecule has 0 bridgehead atoms. The third kappa shape index (κ3) is 4.47. The smallest absolute Gasteiger partial charge is 0.238 e. The van der Waals surface area contributed by atoms with Gasteiger partial charge in [0.15, 0.2) is 11.6 Å². The topological polar surface area (TPSA) is 98.7 Å². The van der Waals surface area contributed by atoms with Gasteiger partial charge in [0.1, 0.15) is 0 Å². The maximum atomic E-state index is 12.4. The maximum absolute atomic E-state index is 12.4. The van der Waals surface area contributed by atoms with Crippen LogP contribution in [0.4, 0.5) is 5.82 Å². The number of pyridine rings is 1. The molecule has 0 fully saturated rings. The molecule has 0 spiro atoms. The number of hydrogen-bond acceptors (Lipinski definition) is 6. The molecule has 140 valence electrons. The monoisotopic (exact) mass is 442 g/mol. The number of hydrogen-bond donors (Lipinski definition) is 2. The molecule has 0 aliphatic rings. The summed E-state index contributed by atoms with van der Waals surface area (Å²) >= 11 is 19.1. The SMILES string of the molecule is CC(Sc1nnc(-c2ccccc2Cl)n1N)C(=O)Nc1ncc(Cl)cc1Cl. The molecule has 27 heavy (non-hydrogen) atoms. The van der Waals surface area contributed by atoms with E-state index >= 15 is 0 Å². The summed E-state index contributed by atoms with van der Waals surface area (Å²) in [5, 5.41) is 11.7. The van der Waals surface area contributed by atoms with Crippen LogP contribution in [0.25, 0.3) is 11.4 Å². The number of carbonyl (C=O) groups excluding carboxylic acids is 1. The number of nitrogens with zero attached hydrogens (tertiary/aromatic N) is 4. The van der Waals surface area contributed by atoms with Crippen LogP contribution in [0.1, 0.15) is 6.92 Å². The average molecular weight is 444 g/mol. The lowest BCUT2D eigenvalue weighted by Crippen LogP contribution is -2.24. The lowest BCUT2D eigenvalue weighted by atomic mass is 10.2. The maximum Gasteiger partial charge on any atom is 0.238 e.